The molecule has 0 saturated heterocycles. The Morgan fingerprint density at radius 2 is 1.37 bits per heavy atom. The van der Waals surface area contributed by atoms with Gasteiger partial charge in [0.15, 0.2) is 0 Å². The SMILES string of the molecule is CCCC(C)(C)OCC(C)(COC(=O)C(C)(C)CCC)C(=O)OCCC[N+](C)(C)C. The van der Waals surface area contributed by atoms with Crippen LogP contribution in [0.15, 0.2) is 0 Å². The van der Waals surface area contributed by atoms with Gasteiger partial charge in [-0.05, 0) is 47.5 Å². The Morgan fingerprint density at radius 3 is 1.87 bits per heavy atom. The maximum absolute atomic E-state index is 13.0. The van der Waals surface area contributed by atoms with Gasteiger partial charge < -0.3 is 18.7 Å². The lowest BCUT2D eigenvalue weighted by molar-refractivity contribution is -0.870. The minimum absolute atomic E-state index is 0.0463. The summed E-state index contributed by atoms with van der Waals surface area (Å²) in [6.45, 7) is 15.0. The second-order valence-corrected chi connectivity index (χ2v) is 11.1. The van der Waals surface area contributed by atoms with E-state index in [0.717, 1.165) is 43.1 Å². The van der Waals surface area contributed by atoms with Crippen LogP contribution in [0.3, 0.4) is 0 Å². The van der Waals surface area contributed by atoms with Crippen molar-refractivity contribution in [2.24, 2.45) is 10.8 Å². The Bertz CT molecular complexity index is 536. The van der Waals surface area contributed by atoms with E-state index in [1.165, 1.54) is 0 Å². The topological polar surface area (TPSA) is 61.8 Å². The molecule has 0 saturated carbocycles. The Kier molecular flexibility index (Phi) is 11.6. The van der Waals surface area contributed by atoms with Crippen LogP contribution in [0.1, 0.15) is 80.6 Å². The lowest BCUT2D eigenvalue weighted by Gasteiger charge is -2.33. The lowest BCUT2D eigenvalue weighted by atomic mass is 9.88. The number of rotatable bonds is 15. The normalized spacial score (nSPS) is 14.9. The van der Waals surface area contributed by atoms with Gasteiger partial charge in [-0.15, -0.1) is 0 Å². The molecule has 0 aliphatic carbocycles. The Labute approximate surface area is 185 Å². The van der Waals surface area contributed by atoms with Crippen molar-refractivity contribution in [3.8, 4) is 0 Å². The molecule has 0 aliphatic heterocycles. The molecule has 0 N–H and O–H groups in total. The molecule has 1 unspecified atom stereocenters. The number of esters is 2. The number of nitrogens with zero attached hydrogens (tertiary/aromatic N) is 1. The number of hydrogen-bond acceptors (Lipinski definition) is 5. The van der Waals surface area contributed by atoms with Gasteiger partial charge in [-0.3, -0.25) is 9.59 Å². The minimum Gasteiger partial charge on any atom is -0.465 e. The second-order valence-electron chi connectivity index (χ2n) is 11.1. The van der Waals surface area contributed by atoms with Gasteiger partial charge in [0.1, 0.15) is 12.0 Å². The third kappa shape index (κ3) is 11.3. The zero-order chi connectivity index (χ0) is 23.6. The van der Waals surface area contributed by atoms with E-state index in [2.05, 4.69) is 28.1 Å². The van der Waals surface area contributed by atoms with Crippen LogP contribution in [0.25, 0.3) is 0 Å². The molecule has 0 aromatic heterocycles. The van der Waals surface area contributed by atoms with E-state index >= 15 is 0 Å². The highest BCUT2D eigenvalue weighted by Gasteiger charge is 2.40. The largest absolute Gasteiger partial charge is 0.465 e. The van der Waals surface area contributed by atoms with Crippen molar-refractivity contribution < 1.29 is 28.3 Å². The fraction of sp³-hybridized carbons (Fsp3) is 0.917. The van der Waals surface area contributed by atoms with Gasteiger partial charge in [-0.25, -0.2) is 0 Å². The number of hydrogen-bond donors (Lipinski definition) is 0. The summed E-state index contributed by atoms with van der Waals surface area (Å²) in [7, 11) is 6.31. The Morgan fingerprint density at radius 1 is 0.800 bits per heavy atom. The van der Waals surface area contributed by atoms with Crippen molar-refractivity contribution in [3.63, 3.8) is 0 Å². The van der Waals surface area contributed by atoms with E-state index in [1.807, 2.05) is 34.6 Å². The van der Waals surface area contributed by atoms with Crippen LogP contribution in [0.5, 0.6) is 0 Å². The summed E-state index contributed by atoms with van der Waals surface area (Å²) < 4.78 is 18.1. The molecular weight excluding hydrogens is 382 g/mol. The van der Waals surface area contributed by atoms with E-state index in [4.69, 9.17) is 14.2 Å². The molecule has 6 nitrogen and oxygen atoms in total. The summed E-state index contributed by atoms with van der Waals surface area (Å²) in [4.78, 5) is 25.5. The van der Waals surface area contributed by atoms with Crippen LogP contribution in [0, 0.1) is 10.8 Å². The predicted octanol–water partition coefficient (Wildman–Crippen LogP) is 4.60. The van der Waals surface area contributed by atoms with Crippen molar-refractivity contribution in [2.45, 2.75) is 86.2 Å². The van der Waals surface area contributed by atoms with Crippen LogP contribution in [0.4, 0.5) is 0 Å². The minimum atomic E-state index is -1.04. The van der Waals surface area contributed by atoms with Gasteiger partial charge in [0, 0.05) is 6.42 Å². The van der Waals surface area contributed by atoms with Gasteiger partial charge >= 0.3 is 11.9 Å². The van der Waals surface area contributed by atoms with E-state index in [-0.39, 0.29) is 30.8 Å². The summed E-state index contributed by atoms with van der Waals surface area (Å²) in [5.41, 5.74) is -1.97. The molecule has 1 atom stereocenters. The molecule has 6 heteroatoms. The monoisotopic (exact) mass is 430 g/mol. The first-order chi connectivity index (χ1) is 13.6. The molecule has 0 aliphatic rings. The maximum atomic E-state index is 13.0. The van der Waals surface area contributed by atoms with Crippen LogP contribution in [-0.2, 0) is 23.8 Å². The quantitative estimate of drug-likeness (QED) is 0.216. The first kappa shape index (κ1) is 28.9. The van der Waals surface area contributed by atoms with E-state index < -0.39 is 10.8 Å². The molecule has 0 bridgehead atoms. The third-order valence-corrected chi connectivity index (χ3v) is 5.28. The van der Waals surface area contributed by atoms with Crippen molar-refractivity contribution in [1.82, 2.24) is 0 Å². The molecule has 178 valence electrons. The van der Waals surface area contributed by atoms with Gasteiger partial charge in [0.2, 0.25) is 0 Å². The van der Waals surface area contributed by atoms with E-state index in [0.29, 0.717) is 6.61 Å². The smallest absolute Gasteiger partial charge is 0.317 e. The van der Waals surface area contributed by atoms with Gasteiger partial charge in [-0.2, -0.15) is 0 Å². The fourth-order valence-corrected chi connectivity index (χ4v) is 3.21. The lowest BCUT2D eigenvalue weighted by Crippen LogP contribution is -2.44. The van der Waals surface area contributed by atoms with Crippen molar-refractivity contribution in [3.05, 3.63) is 0 Å². The van der Waals surface area contributed by atoms with E-state index in [9.17, 15) is 9.59 Å². The highest BCUT2D eigenvalue weighted by atomic mass is 16.6. The average Bonchev–Trinajstić information content (AvgIpc) is 2.60. The van der Waals surface area contributed by atoms with Crippen LogP contribution in [-0.4, -0.2) is 69.5 Å². The fourth-order valence-electron chi connectivity index (χ4n) is 3.21. The summed E-state index contributed by atoms with van der Waals surface area (Å²) in [6, 6.07) is 0. The molecule has 0 radical (unpaired) electrons. The molecule has 0 fully saturated rings. The van der Waals surface area contributed by atoms with Gasteiger partial charge in [0.05, 0.1) is 51.9 Å². The third-order valence-electron chi connectivity index (χ3n) is 5.28. The summed E-state index contributed by atoms with van der Waals surface area (Å²) in [6.07, 6.45) is 4.27. The zero-order valence-electron chi connectivity index (χ0n) is 21.4. The molecular formula is C24H48NO5+. The summed E-state index contributed by atoms with van der Waals surface area (Å²) in [5, 5.41) is 0. The maximum Gasteiger partial charge on any atom is 0.317 e. The molecule has 0 aromatic carbocycles. The molecule has 0 heterocycles. The highest BCUT2D eigenvalue weighted by molar-refractivity contribution is 5.79. The number of quaternary nitrogens is 1. The highest BCUT2D eigenvalue weighted by Crippen LogP contribution is 2.29. The average molecular weight is 431 g/mol. The molecule has 0 spiro atoms. The number of carbonyl (C=O) groups is 2. The molecule has 0 rings (SSSR count). The van der Waals surface area contributed by atoms with Gasteiger partial charge in [-0.1, -0.05) is 26.7 Å². The summed E-state index contributed by atoms with van der Waals surface area (Å²) in [5.74, 6) is -0.668. The molecule has 0 amide bonds. The van der Waals surface area contributed by atoms with Crippen molar-refractivity contribution in [1.29, 1.82) is 0 Å². The first-order valence-electron chi connectivity index (χ1n) is 11.4. The Balaban J connectivity index is 5.15. The number of carbonyl (C=O) groups excluding carboxylic acids is 2. The van der Waals surface area contributed by atoms with Crippen LogP contribution < -0.4 is 0 Å². The second kappa shape index (κ2) is 12.0. The Hall–Kier alpha value is -1.14. The first-order valence-corrected chi connectivity index (χ1v) is 11.4. The predicted molar refractivity (Wildman–Crippen MR) is 121 cm³/mol. The van der Waals surface area contributed by atoms with Crippen LogP contribution >= 0.6 is 0 Å². The molecule has 30 heavy (non-hydrogen) atoms. The van der Waals surface area contributed by atoms with E-state index in [1.54, 1.807) is 6.92 Å². The standard InChI is InChI=1S/C24H48NO5/c1-11-14-22(3,4)20(26)29-18-24(7,19-30-23(5,6)15-12-2)21(27)28-17-13-16-25(8,9)10/h11-19H2,1-10H3/q+1. The van der Waals surface area contributed by atoms with Crippen LogP contribution in [0.2, 0.25) is 0 Å². The van der Waals surface area contributed by atoms with Gasteiger partial charge in [0.25, 0.3) is 0 Å². The number of ether oxygens (including phenoxy) is 3. The van der Waals surface area contributed by atoms with Crippen molar-refractivity contribution in [2.75, 3.05) is 47.5 Å². The zero-order valence-corrected chi connectivity index (χ0v) is 21.4. The molecule has 0 aromatic rings. The summed E-state index contributed by atoms with van der Waals surface area (Å²) >= 11 is 0. The van der Waals surface area contributed by atoms with Crippen molar-refractivity contribution >= 4 is 11.9 Å².